The summed E-state index contributed by atoms with van der Waals surface area (Å²) in [4.78, 5) is 6.35. The van der Waals surface area contributed by atoms with Crippen molar-refractivity contribution in [2.24, 2.45) is 0 Å². The number of rotatable bonds is 2. The van der Waals surface area contributed by atoms with Gasteiger partial charge in [0.2, 0.25) is 0 Å². The van der Waals surface area contributed by atoms with Crippen LogP contribution in [0.5, 0.6) is 0 Å². The number of nitrogens with zero attached hydrogens (tertiary/aromatic N) is 6. The van der Waals surface area contributed by atoms with Crippen molar-refractivity contribution in [3.05, 3.63) is 35.7 Å². The fraction of sp³-hybridized carbons (Fsp3) is 0.500. The fourth-order valence-corrected chi connectivity index (χ4v) is 3.63. The van der Waals surface area contributed by atoms with Crippen molar-refractivity contribution in [3.63, 3.8) is 0 Å². The van der Waals surface area contributed by atoms with Crippen LogP contribution < -0.4 is 4.90 Å². The van der Waals surface area contributed by atoms with Gasteiger partial charge in [0.15, 0.2) is 0 Å². The molecule has 0 saturated carbocycles. The molecule has 1 fully saturated rings. The smallest absolute Gasteiger partial charge is 0.137 e. The molecule has 0 radical (unpaired) electrons. The monoisotopic (exact) mass is 294 g/mol. The Morgan fingerprint density at radius 3 is 3.09 bits per heavy atom. The highest BCUT2D eigenvalue weighted by Gasteiger charge is 2.29. The minimum Gasteiger partial charge on any atom is -0.370 e. The van der Waals surface area contributed by atoms with E-state index >= 15 is 0 Å². The van der Waals surface area contributed by atoms with Gasteiger partial charge in [0.1, 0.15) is 17.7 Å². The SMILES string of the molecule is N#Cc1cnccc1N1CCCC(c2nnc3n2CCC3)C1. The Morgan fingerprint density at radius 2 is 2.18 bits per heavy atom. The van der Waals surface area contributed by atoms with Gasteiger partial charge in [0.05, 0.1) is 11.3 Å². The zero-order chi connectivity index (χ0) is 14.9. The first-order chi connectivity index (χ1) is 10.9. The molecule has 22 heavy (non-hydrogen) atoms. The Morgan fingerprint density at radius 1 is 1.23 bits per heavy atom. The molecule has 0 aromatic carbocycles. The topological polar surface area (TPSA) is 70.6 Å². The van der Waals surface area contributed by atoms with E-state index in [1.54, 1.807) is 12.4 Å². The summed E-state index contributed by atoms with van der Waals surface area (Å²) in [6, 6.07) is 4.19. The number of piperidine rings is 1. The molecule has 6 nitrogen and oxygen atoms in total. The van der Waals surface area contributed by atoms with Gasteiger partial charge in [-0.05, 0) is 25.3 Å². The Labute approximate surface area is 129 Å². The van der Waals surface area contributed by atoms with E-state index in [2.05, 4.69) is 30.7 Å². The average Bonchev–Trinajstić information content (AvgIpc) is 3.18. The van der Waals surface area contributed by atoms with E-state index < -0.39 is 0 Å². The second-order valence-corrected chi connectivity index (χ2v) is 6.02. The van der Waals surface area contributed by atoms with Crippen molar-refractivity contribution < 1.29 is 0 Å². The van der Waals surface area contributed by atoms with Gasteiger partial charge in [-0.2, -0.15) is 5.26 Å². The maximum absolute atomic E-state index is 9.28. The first kappa shape index (κ1) is 13.3. The second kappa shape index (κ2) is 5.41. The lowest BCUT2D eigenvalue weighted by Crippen LogP contribution is -2.35. The molecule has 0 N–H and O–H groups in total. The molecule has 0 bridgehead atoms. The lowest BCUT2D eigenvalue weighted by molar-refractivity contribution is 0.473. The maximum atomic E-state index is 9.28. The number of fused-ring (bicyclic) bond motifs is 1. The summed E-state index contributed by atoms with van der Waals surface area (Å²) in [6.45, 7) is 2.93. The minimum absolute atomic E-state index is 0.396. The Bertz CT molecular complexity index is 728. The predicted molar refractivity (Wildman–Crippen MR) is 81.5 cm³/mol. The molecular formula is C16H18N6. The third-order valence-electron chi connectivity index (χ3n) is 4.68. The van der Waals surface area contributed by atoms with Crippen LogP contribution in [0.15, 0.2) is 18.5 Å². The van der Waals surface area contributed by atoms with Crippen molar-refractivity contribution in [2.75, 3.05) is 18.0 Å². The molecule has 0 spiro atoms. The van der Waals surface area contributed by atoms with E-state index in [-0.39, 0.29) is 0 Å². The summed E-state index contributed by atoms with van der Waals surface area (Å²) < 4.78 is 2.30. The zero-order valence-corrected chi connectivity index (χ0v) is 12.4. The van der Waals surface area contributed by atoms with Crippen LogP contribution in [0.2, 0.25) is 0 Å². The molecule has 1 atom stereocenters. The molecule has 2 aromatic heterocycles. The molecule has 0 amide bonds. The predicted octanol–water partition coefficient (Wildman–Crippen LogP) is 1.87. The molecule has 1 unspecified atom stereocenters. The number of anilines is 1. The minimum atomic E-state index is 0.396. The number of hydrogen-bond acceptors (Lipinski definition) is 5. The third kappa shape index (κ3) is 2.13. The number of pyridine rings is 1. The van der Waals surface area contributed by atoms with Gasteiger partial charge in [-0.1, -0.05) is 0 Å². The highest BCUT2D eigenvalue weighted by atomic mass is 15.3. The molecule has 112 valence electrons. The van der Waals surface area contributed by atoms with Crippen LogP contribution in [0, 0.1) is 11.3 Å². The maximum Gasteiger partial charge on any atom is 0.137 e. The Hall–Kier alpha value is -2.42. The largest absolute Gasteiger partial charge is 0.370 e. The normalized spacial score (nSPS) is 20.7. The van der Waals surface area contributed by atoms with Crippen molar-refractivity contribution >= 4 is 5.69 Å². The van der Waals surface area contributed by atoms with Gasteiger partial charge >= 0.3 is 0 Å². The van der Waals surface area contributed by atoms with E-state index in [4.69, 9.17) is 0 Å². The van der Waals surface area contributed by atoms with Gasteiger partial charge in [0.25, 0.3) is 0 Å². The molecule has 2 aliphatic rings. The van der Waals surface area contributed by atoms with Crippen LogP contribution in [0.25, 0.3) is 0 Å². The Balaban J connectivity index is 1.61. The quantitative estimate of drug-likeness (QED) is 0.845. The molecule has 4 rings (SSSR count). The van der Waals surface area contributed by atoms with Crippen LogP contribution in [0.3, 0.4) is 0 Å². The van der Waals surface area contributed by atoms with Gasteiger partial charge in [-0.15, -0.1) is 10.2 Å². The van der Waals surface area contributed by atoms with Gasteiger partial charge in [0, 0.05) is 44.4 Å². The van der Waals surface area contributed by atoms with Crippen molar-refractivity contribution in [2.45, 2.75) is 38.1 Å². The molecular weight excluding hydrogens is 276 g/mol. The van der Waals surface area contributed by atoms with Crippen molar-refractivity contribution in [1.29, 1.82) is 5.26 Å². The lowest BCUT2D eigenvalue weighted by atomic mass is 9.96. The number of aryl methyl sites for hydroxylation is 1. The number of hydrogen-bond donors (Lipinski definition) is 0. The molecule has 2 aliphatic heterocycles. The zero-order valence-electron chi connectivity index (χ0n) is 12.4. The summed E-state index contributed by atoms with van der Waals surface area (Å²) in [5, 5.41) is 18.1. The summed E-state index contributed by atoms with van der Waals surface area (Å²) in [5.41, 5.74) is 1.64. The van der Waals surface area contributed by atoms with E-state index in [9.17, 15) is 5.26 Å². The highest BCUT2D eigenvalue weighted by molar-refractivity contribution is 5.58. The number of nitriles is 1. The molecule has 1 saturated heterocycles. The highest BCUT2D eigenvalue weighted by Crippen LogP contribution is 2.31. The van der Waals surface area contributed by atoms with Gasteiger partial charge in [-0.25, -0.2) is 0 Å². The van der Waals surface area contributed by atoms with Crippen LogP contribution in [0.1, 0.15) is 42.4 Å². The van der Waals surface area contributed by atoms with Gasteiger partial charge in [-0.3, -0.25) is 4.98 Å². The Kier molecular flexibility index (Phi) is 3.26. The van der Waals surface area contributed by atoms with Crippen LogP contribution in [0.4, 0.5) is 5.69 Å². The fourth-order valence-electron chi connectivity index (χ4n) is 3.63. The first-order valence-electron chi connectivity index (χ1n) is 7.88. The summed E-state index contributed by atoms with van der Waals surface area (Å²) >= 11 is 0. The molecule has 0 aliphatic carbocycles. The molecule has 2 aromatic rings. The third-order valence-corrected chi connectivity index (χ3v) is 4.68. The summed E-state index contributed by atoms with van der Waals surface area (Å²) in [5.74, 6) is 2.66. The number of aromatic nitrogens is 4. The lowest BCUT2D eigenvalue weighted by Gasteiger charge is -2.34. The van der Waals surface area contributed by atoms with E-state index in [0.29, 0.717) is 11.5 Å². The standard InChI is InChI=1S/C16H18N6/c17-9-13-10-18-6-5-14(13)21-7-1-3-12(11-21)16-20-19-15-4-2-8-22(15)16/h5-6,10,12H,1-4,7-8,11H2. The van der Waals surface area contributed by atoms with Crippen molar-refractivity contribution in [1.82, 2.24) is 19.7 Å². The average molecular weight is 294 g/mol. The van der Waals surface area contributed by atoms with Crippen LogP contribution >= 0.6 is 0 Å². The second-order valence-electron chi connectivity index (χ2n) is 6.02. The molecule has 4 heterocycles. The van der Waals surface area contributed by atoms with E-state index in [0.717, 1.165) is 56.2 Å². The van der Waals surface area contributed by atoms with E-state index in [1.165, 1.54) is 6.42 Å². The van der Waals surface area contributed by atoms with Crippen molar-refractivity contribution in [3.8, 4) is 6.07 Å². The molecule has 6 heteroatoms. The summed E-state index contributed by atoms with van der Waals surface area (Å²) in [7, 11) is 0. The van der Waals surface area contributed by atoms with Gasteiger partial charge < -0.3 is 9.47 Å². The van der Waals surface area contributed by atoms with Crippen LogP contribution in [-0.4, -0.2) is 32.8 Å². The van der Waals surface area contributed by atoms with E-state index in [1.807, 2.05) is 6.07 Å². The summed E-state index contributed by atoms with van der Waals surface area (Å²) in [6.07, 6.45) is 7.88. The first-order valence-corrected chi connectivity index (χ1v) is 7.88. The van der Waals surface area contributed by atoms with Crippen LogP contribution in [-0.2, 0) is 13.0 Å².